The van der Waals surface area contributed by atoms with Crippen LogP contribution in [0.2, 0.25) is 0 Å². The van der Waals surface area contributed by atoms with E-state index in [9.17, 15) is 0 Å². The Bertz CT molecular complexity index is 1030. The first-order chi connectivity index (χ1) is 11.1. The maximum Gasteiger partial charge on any atom is 0.160 e. The summed E-state index contributed by atoms with van der Waals surface area (Å²) in [4.78, 5) is 20.8. The highest BCUT2D eigenvalue weighted by molar-refractivity contribution is 5.99. The zero-order valence-corrected chi connectivity index (χ0v) is 13.2. The SMILES string of the molecule is Cc1nc2ccc(-c3c[nH]c4ncnc(N)c34)nc2n1C(C)C. The van der Waals surface area contributed by atoms with Gasteiger partial charge in [-0.15, -0.1) is 0 Å². The van der Waals surface area contributed by atoms with Crippen molar-refractivity contribution in [3.8, 4) is 11.3 Å². The monoisotopic (exact) mass is 307 g/mol. The summed E-state index contributed by atoms with van der Waals surface area (Å²) < 4.78 is 2.13. The molecule has 0 radical (unpaired) electrons. The van der Waals surface area contributed by atoms with Crippen molar-refractivity contribution in [3.63, 3.8) is 0 Å². The third kappa shape index (κ3) is 1.97. The predicted molar refractivity (Wildman–Crippen MR) is 89.9 cm³/mol. The van der Waals surface area contributed by atoms with Gasteiger partial charge in [0.1, 0.15) is 29.1 Å². The molecule has 7 nitrogen and oxygen atoms in total. The van der Waals surface area contributed by atoms with Crippen molar-refractivity contribution < 1.29 is 0 Å². The Morgan fingerprint density at radius 3 is 2.78 bits per heavy atom. The number of nitrogens with zero attached hydrogens (tertiary/aromatic N) is 5. The summed E-state index contributed by atoms with van der Waals surface area (Å²) in [5.41, 5.74) is 10.2. The fourth-order valence-electron chi connectivity index (χ4n) is 3.04. The number of hydrogen-bond donors (Lipinski definition) is 2. The van der Waals surface area contributed by atoms with Gasteiger partial charge in [0.05, 0.1) is 11.1 Å². The number of fused-ring (bicyclic) bond motifs is 2. The van der Waals surface area contributed by atoms with Crippen molar-refractivity contribution in [1.29, 1.82) is 0 Å². The molecule has 0 aliphatic carbocycles. The quantitative estimate of drug-likeness (QED) is 0.593. The van der Waals surface area contributed by atoms with Crippen LogP contribution in [-0.4, -0.2) is 29.5 Å². The van der Waals surface area contributed by atoms with Crippen LogP contribution in [0.5, 0.6) is 0 Å². The number of nitrogen functional groups attached to an aromatic ring is 1. The van der Waals surface area contributed by atoms with Crippen LogP contribution >= 0.6 is 0 Å². The minimum absolute atomic E-state index is 0.291. The van der Waals surface area contributed by atoms with Crippen molar-refractivity contribution >= 4 is 28.0 Å². The van der Waals surface area contributed by atoms with Gasteiger partial charge in [0.25, 0.3) is 0 Å². The van der Waals surface area contributed by atoms with Gasteiger partial charge >= 0.3 is 0 Å². The van der Waals surface area contributed by atoms with Crippen LogP contribution in [-0.2, 0) is 0 Å². The van der Waals surface area contributed by atoms with Crippen LogP contribution < -0.4 is 5.73 Å². The maximum absolute atomic E-state index is 6.02. The average Bonchev–Trinajstić information content (AvgIpc) is 3.07. The molecule has 0 aromatic carbocycles. The molecule has 4 heterocycles. The van der Waals surface area contributed by atoms with Crippen molar-refractivity contribution in [1.82, 2.24) is 29.5 Å². The summed E-state index contributed by atoms with van der Waals surface area (Å²) in [5.74, 6) is 1.41. The smallest absolute Gasteiger partial charge is 0.160 e. The molecule has 4 aromatic rings. The number of H-pyrrole nitrogens is 1. The lowest BCUT2D eigenvalue weighted by atomic mass is 10.1. The van der Waals surface area contributed by atoms with E-state index in [0.29, 0.717) is 17.5 Å². The van der Waals surface area contributed by atoms with Crippen molar-refractivity contribution in [2.75, 3.05) is 5.73 Å². The molecule has 7 heteroatoms. The van der Waals surface area contributed by atoms with E-state index in [4.69, 9.17) is 10.7 Å². The molecular weight excluding hydrogens is 290 g/mol. The second-order valence-corrected chi connectivity index (χ2v) is 5.85. The highest BCUT2D eigenvalue weighted by Gasteiger charge is 2.16. The van der Waals surface area contributed by atoms with Gasteiger partial charge in [-0.05, 0) is 32.9 Å². The van der Waals surface area contributed by atoms with E-state index in [1.807, 2.05) is 25.3 Å². The number of nitrogens with one attached hydrogen (secondary N) is 1. The van der Waals surface area contributed by atoms with Gasteiger partial charge in [-0.25, -0.2) is 19.9 Å². The zero-order valence-electron chi connectivity index (χ0n) is 13.2. The number of imidazole rings is 1. The maximum atomic E-state index is 6.02. The molecule has 4 aromatic heterocycles. The minimum atomic E-state index is 0.291. The number of aromatic amines is 1. The molecule has 23 heavy (non-hydrogen) atoms. The van der Waals surface area contributed by atoms with Crippen LogP contribution in [0, 0.1) is 6.92 Å². The lowest BCUT2D eigenvalue weighted by Crippen LogP contribution is -2.04. The third-order valence-electron chi connectivity index (χ3n) is 4.01. The van der Waals surface area contributed by atoms with Gasteiger partial charge in [-0.1, -0.05) is 0 Å². The Morgan fingerprint density at radius 2 is 2.00 bits per heavy atom. The molecule has 116 valence electrons. The summed E-state index contributed by atoms with van der Waals surface area (Å²) in [6.07, 6.45) is 3.32. The fraction of sp³-hybridized carbons (Fsp3) is 0.250. The molecule has 0 amide bonds. The largest absolute Gasteiger partial charge is 0.383 e. The minimum Gasteiger partial charge on any atom is -0.383 e. The van der Waals surface area contributed by atoms with Crippen LogP contribution in [0.25, 0.3) is 33.5 Å². The first kappa shape index (κ1) is 13.7. The Hall–Kier alpha value is -2.96. The normalized spacial score (nSPS) is 11.8. The molecule has 0 aliphatic heterocycles. The van der Waals surface area contributed by atoms with Crippen LogP contribution in [0.3, 0.4) is 0 Å². The topological polar surface area (TPSA) is 98.3 Å². The molecular formula is C16H17N7. The number of anilines is 1. The van der Waals surface area contributed by atoms with Gasteiger partial charge in [0.2, 0.25) is 0 Å². The van der Waals surface area contributed by atoms with Gasteiger partial charge < -0.3 is 15.3 Å². The Morgan fingerprint density at radius 1 is 1.17 bits per heavy atom. The highest BCUT2D eigenvalue weighted by atomic mass is 15.1. The molecule has 0 bridgehead atoms. The lowest BCUT2D eigenvalue weighted by Gasteiger charge is -2.10. The molecule has 0 aliphatic rings. The van der Waals surface area contributed by atoms with Crippen molar-refractivity contribution in [2.24, 2.45) is 0 Å². The van der Waals surface area contributed by atoms with Gasteiger partial charge in [0, 0.05) is 17.8 Å². The third-order valence-corrected chi connectivity index (χ3v) is 4.01. The van der Waals surface area contributed by atoms with Gasteiger partial charge in [-0.2, -0.15) is 0 Å². The number of nitrogens with two attached hydrogens (primary N) is 1. The molecule has 0 unspecified atom stereocenters. The summed E-state index contributed by atoms with van der Waals surface area (Å²) in [7, 11) is 0. The second-order valence-electron chi connectivity index (χ2n) is 5.85. The first-order valence-electron chi connectivity index (χ1n) is 7.49. The fourth-order valence-corrected chi connectivity index (χ4v) is 3.04. The molecule has 0 fully saturated rings. The summed E-state index contributed by atoms with van der Waals surface area (Å²) in [6, 6.07) is 4.23. The number of aromatic nitrogens is 6. The first-order valence-corrected chi connectivity index (χ1v) is 7.49. The molecule has 0 saturated heterocycles. The number of rotatable bonds is 2. The second kappa shape index (κ2) is 4.77. The standard InChI is InChI=1S/C16H17N7/c1-8(2)23-9(3)21-12-5-4-11(22-16(12)23)10-6-18-15-13(10)14(17)19-7-20-15/h4-8H,1-3H3,(H3,17,18,19,20). The number of hydrogen-bond acceptors (Lipinski definition) is 5. The van der Waals surface area contributed by atoms with Crippen LogP contribution in [0.15, 0.2) is 24.7 Å². The van der Waals surface area contributed by atoms with Crippen molar-refractivity contribution in [2.45, 2.75) is 26.8 Å². The zero-order chi connectivity index (χ0) is 16.1. The van der Waals surface area contributed by atoms with E-state index in [0.717, 1.165) is 33.6 Å². The molecule has 0 spiro atoms. The summed E-state index contributed by atoms with van der Waals surface area (Å²) in [5, 5.41) is 0.798. The molecule has 4 rings (SSSR count). The van der Waals surface area contributed by atoms with Crippen molar-refractivity contribution in [3.05, 3.63) is 30.5 Å². The number of pyridine rings is 1. The van der Waals surface area contributed by atoms with Gasteiger partial charge in [0.15, 0.2) is 5.65 Å². The Kier molecular flexibility index (Phi) is 2.84. The van der Waals surface area contributed by atoms with E-state index < -0.39 is 0 Å². The summed E-state index contributed by atoms with van der Waals surface area (Å²) in [6.45, 7) is 6.25. The van der Waals surface area contributed by atoms with E-state index >= 15 is 0 Å². The van der Waals surface area contributed by atoms with E-state index in [1.54, 1.807) is 0 Å². The molecule has 3 N–H and O–H groups in total. The van der Waals surface area contributed by atoms with E-state index in [-0.39, 0.29) is 0 Å². The Balaban J connectivity index is 2.00. The van der Waals surface area contributed by atoms with Crippen LogP contribution in [0.4, 0.5) is 5.82 Å². The average molecular weight is 307 g/mol. The van der Waals surface area contributed by atoms with Gasteiger partial charge in [-0.3, -0.25) is 0 Å². The predicted octanol–water partition coefficient (Wildman–Crippen LogP) is 2.84. The highest BCUT2D eigenvalue weighted by Crippen LogP contribution is 2.31. The molecule has 0 saturated carbocycles. The summed E-state index contributed by atoms with van der Waals surface area (Å²) >= 11 is 0. The number of aryl methyl sites for hydroxylation is 1. The lowest BCUT2D eigenvalue weighted by molar-refractivity contribution is 0.595. The van der Waals surface area contributed by atoms with Crippen LogP contribution in [0.1, 0.15) is 25.7 Å². The van der Waals surface area contributed by atoms with E-state index in [2.05, 4.69) is 38.4 Å². The van der Waals surface area contributed by atoms with E-state index in [1.165, 1.54) is 6.33 Å². The Labute approximate surface area is 132 Å². The molecule has 0 atom stereocenters.